The average Bonchev–Trinajstić information content (AvgIpc) is 2.79. The molecule has 1 aliphatic heterocycles. The van der Waals surface area contributed by atoms with Crippen molar-refractivity contribution in [3.63, 3.8) is 0 Å². The summed E-state index contributed by atoms with van der Waals surface area (Å²) < 4.78 is 7.57. The Morgan fingerprint density at radius 3 is 2.80 bits per heavy atom. The SMILES string of the molecule is CC=Cc1nn(-c2ccccc2)c2c1C(=O)CC(C)O2. The van der Waals surface area contributed by atoms with Crippen molar-refractivity contribution in [2.24, 2.45) is 0 Å². The number of fused-ring (bicyclic) bond motifs is 1. The minimum Gasteiger partial charge on any atom is -0.474 e. The van der Waals surface area contributed by atoms with Gasteiger partial charge in [0.15, 0.2) is 5.78 Å². The summed E-state index contributed by atoms with van der Waals surface area (Å²) in [4.78, 5) is 12.3. The molecule has 1 aromatic carbocycles. The zero-order valence-electron chi connectivity index (χ0n) is 11.5. The number of ether oxygens (including phenoxy) is 1. The summed E-state index contributed by atoms with van der Waals surface area (Å²) >= 11 is 0. The van der Waals surface area contributed by atoms with Crippen LogP contribution in [0.15, 0.2) is 36.4 Å². The number of para-hydroxylation sites is 1. The van der Waals surface area contributed by atoms with E-state index in [0.717, 1.165) is 5.69 Å². The molecule has 0 aliphatic carbocycles. The Morgan fingerprint density at radius 1 is 1.35 bits per heavy atom. The summed E-state index contributed by atoms with van der Waals surface area (Å²) in [6.07, 6.45) is 4.00. The lowest BCUT2D eigenvalue weighted by atomic mass is 10.0. The molecule has 0 saturated carbocycles. The van der Waals surface area contributed by atoms with E-state index >= 15 is 0 Å². The van der Waals surface area contributed by atoms with Crippen LogP contribution in [0.1, 0.15) is 36.3 Å². The van der Waals surface area contributed by atoms with Gasteiger partial charge in [-0.25, -0.2) is 0 Å². The van der Waals surface area contributed by atoms with E-state index in [-0.39, 0.29) is 11.9 Å². The lowest BCUT2D eigenvalue weighted by molar-refractivity contribution is 0.0861. The maximum absolute atomic E-state index is 12.3. The van der Waals surface area contributed by atoms with Gasteiger partial charge in [0, 0.05) is 6.42 Å². The fourth-order valence-electron chi connectivity index (χ4n) is 2.40. The van der Waals surface area contributed by atoms with Crippen LogP contribution in [0.4, 0.5) is 0 Å². The molecule has 2 aromatic rings. The summed E-state index contributed by atoms with van der Waals surface area (Å²) in [5.74, 6) is 0.641. The molecule has 0 radical (unpaired) electrons. The van der Waals surface area contributed by atoms with Gasteiger partial charge in [-0.05, 0) is 32.1 Å². The first-order chi connectivity index (χ1) is 9.70. The monoisotopic (exact) mass is 268 g/mol. The molecule has 0 fully saturated rings. The van der Waals surface area contributed by atoms with Crippen molar-refractivity contribution in [2.45, 2.75) is 26.4 Å². The second-order valence-electron chi connectivity index (χ2n) is 4.87. The third-order valence-corrected chi connectivity index (χ3v) is 3.26. The highest BCUT2D eigenvalue weighted by Crippen LogP contribution is 2.33. The predicted molar refractivity (Wildman–Crippen MR) is 77.3 cm³/mol. The topological polar surface area (TPSA) is 44.1 Å². The highest BCUT2D eigenvalue weighted by atomic mass is 16.5. The van der Waals surface area contributed by atoms with Gasteiger partial charge >= 0.3 is 0 Å². The van der Waals surface area contributed by atoms with Crippen molar-refractivity contribution in [1.82, 2.24) is 9.78 Å². The molecule has 1 atom stereocenters. The van der Waals surface area contributed by atoms with E-state index in [0.29, 0.717) is 23.6 Å². The van der Waals surface area contributed by atoms with E-state index < -0.39 is 0 Å². The largest absolute Gasteiger partial charge is 0.474 e. The van der Waals surface area contributed by atoms with Crippen LogP contribution in [-0.2, 0) is 0 Å². The normalized spacial score (nSPS) is 18.1. The predicted octanol–water partition coefficient (Wildman–Crippen LogP) is 3.26. The number of carbonyl (C=O) groups is 1. The fraction of sp³-hybridized carbons (Fsp3) is 0.250. The van der Waals surface area contributed by atoms with Crippen LogP contribution < -0.4 is 4.74 Å². The van der Waals surface area contributed by atoms with Gasteiger partial charge in [0.1, 0.15) is 17.4 Å². The lowest BCUT2D eigenvalue weighted by Crippen LogP contribution is -2.25. The molecule has 0 N–H and O–H groups in total. The maximum atomic E-state index is 12.3. The molecule has 0 saturated heterocycles. The second kappa shape index (κ2) is 4.96. The number of nitrogens with zero attached hydrogens (tertiary/aromatic N) is 2. The number of benzene rings is 1. The van der Waals surface area contributed by atoms with Crippen LogP contribution in [0.25, 0.3) is 11.8 Å². The van der Waals surface area contributed by atoms with Gasteiger partial charge in [-0.3, -0.25) is 4.79 Å². The van der Waals surface area contributed by atoms with Crippen LogP contribution in [0.5, 0.6) is 5.88 Å². The number of Topliss-reactive ketones (excluding diaryl/α,β-unsaturated/α-hetero) is 1. The molecule has 0 bridgehead atoms. The Kier molecular flexibility index (Phi) is 3.14. The number of carbonyl (C=O) groups excluding carboxylic acids is 1. The second-order valence-corrected chi connectivity index (χ2v) is 4.87. The van der Waals surface area contributed by atoms with Crippen molar-refractivity contribution in [3.8, 4) is 11.6 Å². The van der Waals surface area contributed by atoms with Crippen molar-refractivity contribution < 1.29 is 9.53 Å². The summed E-state index contributed by atoms with van der Waals surface area (Å²) in [7, 11) is 0. The summed E-state index contributed by atoms with van der Waals surface area (Å²) in [6.45, 7) is 3.81. The van der Waals surface area contributed by atoms with Crippen LogP contribution >= 0.6 is 0 Å². The Bertz CT molecular complexity index is 671. The Balaban J connectivity index is 2.22. The van der Waals surface area contributed by atoms with Crippen LogP contribution in [0, 0.1) is 0 Å². The fourth-order valence-corrected chi connectivity index (χ4v) is 2.40. The van der Waals surface area contributed by atoms with Crippen molar-refractivity contribution >= 4 is 11.9 Å². The number of ketones is 1. The van der Waals surface area contributed by atoms with Crippen LogP contribution in [-0.4, -0.2) is 21.7 Å². The first-order valence-corrected chi connectivity index (χ1v) is 6.71. The van der Waals surface area contributed by atoms with Gasteiger partial charge in [0.05, 0.1) is 5.69 Å². The smallest absolute Gasteiger partial charge is 0.228 e. The number of hydrogen-bond donors (Lipinski definition) is 0. The molecule has 4 heteroatoms. The first-order valence-electron chi connectivity index (χ1n) is 6.71. The molecule has 0 spiro atoms. The number of hydrogen-bond acceptors (Lipinski definition) is 3. The quantitative estimate of drug-likeness (QED) is 0.839. The molecule has 3 rings (SSSR count). The summed E-state index contributed by atoms with van der Waals surface area (Å²) in [6, 6.07) is 9.71. The van der Waals surface area contributed by atoms with Gasteiger partial charge in [-0.1, -0.05) is 24.3 Å². The van der Waals surface area contributed by atoms with E-state index in [4.69, 9.17) is 4.74 Å². The summed E-state index contributed by atoms with van der Waals surface area (Å²) in [5.41, 5.74) is 2.15. The zero-order valence-corrected chi connectivity index (χ0v) is 11.5. The molecular formula is C16H16N2O2. The van der Waals surface area contributed by atoms with Crippen molar-refractivity contribution in [2.75, 3.05) is 0 Å². The minimum absolute atomic E-state index is 0.0917. The molecule has 1 aromatic heterocycles. The van der Waals surface area contributed by atoms with Crippen LogP contribution in [0.3, 0.4) is 0 Å². The molecule has 2 heterocycles. The van der Waals surface area contributed by atoms with E-state index in [1.807, 2.05) is 56.3 Å². The van der Waals surface area contributed by atoms with E-state index in [2.05, 4.69) is 5.10 Å². The van der Waals surface area contributed by atoms with E-state index in [9.17, 15) is 4.79 Å². The number of rotatable bonds is 2. The zero-order chi connectivity index (χ0) is 14.1. The molecule has 4 nitrogen and oxygen atoms in total. The van der Waals surface area contributed by atoms with Gasteiger partial charge in [0.25, 0.3) is 0 Å². The average molecular weight is 268 g/mol. The van der Waals surface area contributed by atoms with Gasteiger partial charge < -0.3 is 4.74 Å². The van der Waals surface area contributed by atoms with E-state index in [1.54, 1.807) is 4.68 Å². The maximum Gasteiger partial charge on any atom is 0.228 e. The van der Waals surface area contributed by atoms with E-state index in [1.165, 1.54) is 0 Å². The summed E-state index contributed by atoms with van der Waals surface area (Å²) in [5, 5.41) is 4.52. The molecular weight excluding hydrogens is 252 g/mol. The number of aromatic nitrogens is 2. The highest BCUT2D eigenvalue weighted by molar-refractivity contribution is 6.02. The molecule has 20 heavy (non-hydrogen) atoms. The van der Waals surface area contributed by atoms with Crippen molar-refractivity contribution in [3.05, 3.63) is 47.7 Å². The highest BCUT2D eigenvalue weighted by Gasteiger charge is 2.31. The first kappa shape index (κ1) is 12.7. The Labute approximate surface area is 117 Å². The third-order valence-electron chi connectivity index (χ3n) is 3.26. The lowest BCUT2D eigenvalue weighted by Gasteiger charge is -2.20. The molecule has 1 aliphatic rings. The van der Waals surface area contributed by atoms with Gasteiger partial charge in [-0.15, -0.1) is 0 Å². The minimum atomic E-state index is -0.118. The number of allylic oxidation sites excluding steroid dienone is 1. The Hall–Kier alpha value is -2.36. The van der Waals surface area contributed by atoms with Gasteiger partial charge in [0.2, 0.25) is 5.88 Å². The third kappa shape index (κ3) is 2.03. The molecule has 0 amide bonds. The standard InChI is InChI=1S/C16H16N2O2/c1-3-7-13-15-14(19)10-11(2)20-16(15)18(17-13)12-8-5-4-6-9-12/h3-9,11H,10H2,1-2H3. The van der Waals surface area contributed by atoms with Crippen molar-refractivity contribution in [1.29, 1.82) is 0 Å². The molecule has 102 valence electrons. The molecule has 1 unspecified atom stereocenters. The van der Waals surface area contributed by atoms with Crippen LogP contribution in [0.2, 0.25) is 0 Å². The Morgan fingerprint density at radius 2 is 2.10 bits per heavy atom. The van der Waals surface area contributed by atoms with Gasteiger partial charge in [-0.2, -0.15) is 9.78 Å².